The third kappa shape index (κ3) is 1.50. The lowest BCUT2D eigenvalue weighted by atomic mass is 9.50. The molecule has 5 aliphatic rings. The summed E-state index contributed by atoms with van der Waals surface area (Å²) in [7, 11) is 0. The van der Waals surface area contributed by atoms with Gasteiger partial charge < -0.3 is 0 Å². The minimum absolute atomic E-state index is 0.223. The van der Waals surface area contributed by atoms with Crippen molar-refractivity contribution in [1.82, 2.24) is 0 Å². The highest BCUT2D eigenvalue weighted by atomic mass is 16.1. The third-order valence-electron chi connectivity index (χ3n) is 10.8. The maximum Gasteiger partial charge on any atom is 0.166 e. The molecule has 0 aromatic heterocycles. The van der Waals surface area contributed by atoms with Crippen LogP contribution in [-0.2, 0) is 20.4 Å². The molecule has 0 radical (unpaired) electrons. The van der Waals surface area contributed by atoms with Crippen LogP contribution in [-0.4, -0.2) is 11.6 Å². The van der Waals surface area contributed by atoms with Gasteiger partial charge in [-0.3, -0.25) is 9.59 Å². The van der Waals surface area contributed by atoms with Crippen LogP contribution in [0, 0.1) is 11.3 Å². The topological polar surface area (TPSA) is 34.1 Å². The molecule has 0 N–H and O–H groups in total. The first kappa shape index (κ1) is 19.4. The fraction of sp³-hybridized carbons (Fsp3) is 0.235. The average molecular weight is 465 g/mol. The summed E-state index contributed by atoms with van der Waals surface area (Å²) in [6.45, 7) is 6.24. The zero-order valence-electron chi connectivity index (χ0n) is 20.5. The van der Waals surface area contributed by atoms with Crippen molar-refractivity contribution >= 4 is 44.3 Å². The van der Waals surface area contributed by atoms with Crippen molar-refractivity contribution in [3.63, 3.8) is 0 Å². The van der Waals surface area contributed by atoms with Crippen LogP contribution in [0.4, 0.5) is 0 Å². The third-order valence-corrected chi connectivity index (χ3v) is 10.8. The summed E-state index contributed by atoms with van der Waals surface area (Å²) in [6, 6.07) is 26.2. The Morgan fingerprint density at radius 2 is 1.25 bits per heavy atom. The highest BCUT2D eigenvalue weighted by molar-refractivity contribution is 6.29. The van der Waals surface area contributed by atoms with E-state index < -0.39 is 16.2 Å². The number of Topliss-reactive ketones (excluding diaryl/α,β-unsaturated/α-hetero) is 2. The van der Waals surface area contributed by atoms with E-state index in [-0.39, 0.29) is 17.5 Å². The molecule has 0 bridgehead atoms. The zero-order valence-corrected chi connectivity index (χ0v) is 20.5. The lowest BCUT2D eigenvalue weighted by molar-refractivity contribution is -0.124. The number of fused-ring (bicyclic) bond motifs is 2. The second-order valence-electron chi connectivity index (χ2n) is 11.8. The fourth-order valence-electron chi connectivity index (χ4n) is 10.0. The van der Waals surface area contributed by atoms with E-state index in [0.717, 1.165) is 11.1 Å². The van der Waals surface area contributed by atoms with Crippen molar-refractivity contribution in [3.05, 3.63) is 106 Å². The summed E-state index contributed by atoms with van der Waals surface area (Å²) >= 11 is 0. The molecule has 36 heavy (non-hydrogen) atoms. The van der Waals surface area contributed by atoms with Crippen LogP contribution < -0.4 is 0 Å². The molecule has 1 fully saturated rings. The number of hydrogen-bond donors (Lipinski definition) is 0. The standard InChI is InChI=1S/C34H24O2/c1-17-28-21-12-4-8-19-10-6-14-23(26(19)21)33(28)25(30(17)35)16-32(3)31(36)18(2)29-22-13-5-9-20-11-7-15-24(27(20)22)34(29,32)33/h4-15,25H,16H2,1-3H3/t25?,32-,33?,34?/m1/s1. The van der Waals surface area contributed by atoms with Crippen molar-refractivity contribution in [2.45, 2.75) is 38.0 Å². The quantitative estimate of drug-likeness (QED) is 0.283. The van der Waals surface area contributed by atoms with Crippen LogP contribution in [0.2, 0.25) is 0 Å². The van der Waals surface area contributed by atoms with E-state index in [0.29, 0.717) is 6.42 Å². The molecular weight excluding hydrogens is 440 g/mol. The van der Waals surface area contributed by atoms with Gasteiger partial charge in [-0.1, -0.05) is 79.7 Å². The van der Waals surface area contributed by atoms with Crippen LogP contribution in [0.25, 0.3) is 32.7 Å². The highest BCUT2D eigenvalue weighted by Gasteiger charge is 2.83. The predicted molar refractivity (Wildman–Crippen MR) is 143 cm³/mol. The Morgan fingerprint density at radius 3 is 1.92 bits per heavy atom. The molecule has 4 atom stereocenters. The Balaban J connectivity index is 1.59. The lowest BCUT2D eigenvalue weighted by Gasteiger charge is -2.49. The number of carbonyl (C=O) groups is 2. The Morgan fingerprint density at radius 1 is 0.694 bits per heavy atom. The minimum Gasteiger partial charge on any atom is -0.294 e. The fourth-order valence-corrected chi connectivity index (χ4v) is 10.0. The van der Waals surface area contributed by atoms with Gasteiger partial charge in [-0.15, -0.1) is 0 Å². The zero-order chi connectivity index (χ0) is 24.4. The molecule has 0 aliphatic heterocycles. The monoisotopic (exact) mass is 464 g/mol. The SMILES string of the molecule is CC1=C2c3cccc4cccc(c34)C23C(C[C@]2(C)C(=O)C(C)=C4c5cccc6cccc(c56)C432)C1=O. The number of hydrogen-bond acceptors (Lipinski definition) is 2. The van der Waals surface area contributed by atoms with Crippen molar-refractivity contribution < 1.29 is 9.59 Å². The van der Waals surface area contributed by atoms with Crippen molar-refractivity contribution in [1.29, 1.82) is 0 Å². The number of carbonyl (C=O) groups excluding carboxylic acids is 2. The van der Waals surface area contributed by atoms with Gasteiger partial charge in [-0.2, -0.15) is 0 Å². The Labute approximate surface area is 209 Å². The molecule has 2 nitrogen and oxygen atoms in total. The average Bonchev–Trinajstić information content (AvgIpc) is 3.55. The van der Waals surface area contributed by atoms with Gasteiger partial charge >= 0.3 is 0 Å². The number of rotatable bonds is 0. The van der Waals surface area contributed by atoms with E-state index in [2.05, 4.69) is 79.7 Å². The van der Waals surface area contributed by atoms with Crippen LogP contribution in [0.3, 0.4) is 0 Å². The number of ketones is 2. The van der Waals surface area contributed by atoms with Gasteiger partial charge in [0.1, 0.15) is 0 Å². The number of allylic oxidation sites excluding steroid dienone is 4. The molecular formula is C34H24O2. The van der Waals surface area contributed by atoms with E-state index in [1.54, 1.807) is 0 Å². The first-order chi connectivity index (χ1) is 17.4. The maximum atomic E-state index is 14.4. The van der Waals surface area contributed by atoms with Gasteiger partial charge in [0.25, 0.3) is 0 Å². The van der Waals surface area contributed by atoms with Gasteiger partial charge in [0.15, 0.2) is 11.6 Å². The van der Waals surface area contributed by atoms with Crippen molar-refractivity contribution in [2.75, 3.05) is 0 Å². The largest absolute Gasteiger partial charge is 0.294 e. The van der Waals surface area contributed by atoms with Crippen LogP contribution in [0.1, 0.15) is 49.4 Å². The highest BCUT2D eigenvalue weighted by Crippen LogP contribution is 2.84. The molecule has 172 valence electrons. The molecule has 4 aromatic rings. The first-order valence-corrected chi connectivity index (χ1v) is 13.0. The molecule has 9 rings (SSSR count). The first-order valence-electron chi connectivity index (χ1n) is 13.0. The van der Waals surface area contributed by atoms with E-state index in [9.17, 15) is 9.59 Å². The summed E-state index contributed by atoms with van der Waals surface area (Å²) in [5, 5.41) is 4.96. The molecule has 3 unspecified atom stereocenters. The predicted octanol–water partition coefficient (Wildman–Crippen LogP) is 6.93. The summed E-state index contributed by atoms with van der Waals surface area (Å²) < 4.78 is 0. The lowest BCUT2D eigenvalue weighted by Crippen LogP contribution is -2.52. The van der Waals surface area contributed by atoms with E-state index in [4.69, 9.17) is 0 Å². The van der Waals surface area contributed by atoms with E-state index in [1.807, 2.05) is 13.8 Å². The van der Waals surface area contributed by atoms with Crippen molar-refractivity contribution in [3.8, 4) is 0 Å². The minimum atomic E-state index is -0.684. The van der Waals surface area contributed by atoms with Crippen LogP contribution in [0.15, 0.2) is 83.9 Å². The van der Waals surface area contributed by atoms with E-state index in [1.165, 1.54) is 54.9 Å². The van der Waals surface area contributed by atoms with Gasteiger partial charge in [0.2, 0.25) is 0 Å². The molecule has 1 saturated carbocycles. The Bertz CT molecular complexity index is 1890. The molecule has 2 heteroatoms. The summed E-state index contributed by atoms with van der Waals surface area (Å²) in [5.41, 5.74) is 7.12. The molecule has 2 spiro atoms. The molecule has 4 aromatic carbocycles. The maximum absolute atomic E-state index is 14.4. The van der Waals surface area contributed by atoms with E-state index >= 15 is 0 Å². The summed E-state index contributed by atoms with van der Waals surface area (Å²) in [4.78, 5) is 28.6. The van der Waals surface area contributed by atoms with Crippen molar-refractivity contribution in [2.24, 2.45) is 11.3 Å². The Hall–Kier alpha value is -3.78. The van der Waals surface area contributed by atoms with Gasteiger partial charge in [0, 0.05) is 22.2 Å². The second-order valence-corrected chi connectivity index (χ2v) is 11.8. The molecule has 0 amide bonds. The molecule has 0 heterocycles. The normalized spacial score (nSPS) is 32.7. The summed E-state index contributed by atoms with van der Waals surface area (Å²) in [5.74, 6) is 0.210. The van der Waals surface area contributed by atoms with Gasteiger partial charge in [0.05, 0.1) is 0 Å². The molecule has 5 aliphatic carbocycles. The van der Waals surface area contributed by atoms with Gasteiger partial charge in [-0.05, 0) is 86.4 Å². The number of benzene rings is 4. The second kappa shape index (κ2) is 5.47. The Kier molecular flexibility index (Phi) is 2.95. The van der Waals surface area contributed by atoms with Crippen LogP contribution in [0.5, 0.6) is 0 Å². The summed E-state index contributed by atoms with van der Waals surface area (Å²) in [6.07, 6.45) is 0.584. The molecule has 0 saturated heterocycles. The van der Waals surface area contributed by atoms with Crippen LogP contribution >= 0.6 is 0 Å². The van der Waals surface area contributed by atoms with Gasteiger partial charge in [-0.25, -0.2) is 0 Å². The smallest absolute Gasteiger partial charge is 0.166 e.